The molecule has 0 amide bonds. The van der Waals surface area contributed by atoms with Crippen molar-refractivity contribution in [2.75, 3.05) is 5.73 Å². The molecule has 24 heavy (non-hydrogen) atoms. The van der Waals surface area contributed by atoms with E-state index in [0.717, 1.165) is 11.5 Å². The third-order valence-corrected chi connectivity index (χ3v) is 3.76. The maximum absolute atomic E-state index is 14.0. The number of fused-ring (bicyclic) bond motifs is 1. The van der Waals surface area contributed by atoms with Gasteiger partial charge in [-0.1, -0.05) is 17.7 Å². The summed E-state index contributed by atoms with van der Waals surface area (Å²) in [6.07, 6.45) is 2.40. The zero-order chi connectivity index (χ0) is 17.3. The molecule has 3 rings (SSSR count). The molecule has 0 aliphatic carbocycles. The molecular weight excluding hydrogens is 333 g/mol. The zero-order valence-electron chi connectivity index (χ0n) is 12.4. The normalized spacial score (nSPS) is 11.4. The van der Waals surface area contributed by atoms with Crippen molar-refractivity contribution in [3.05, 3.63) is 64.6 Å². The van der Waals surface area contributed by atoms with Gasteiger partial charge in [-0.05, 0) is 36.4 Å². The van der Waals surface area contributed by atoms with E-state index in [1.165, 1.54) is 12.1 Å². The number of benzene rings is 2. The van der Waals surface area contributed by atoms with Crippen LogP contribution in [0.25, 0.3) is 17.0 Å². The van der Waals surface area contributed by atoms with E-state index in [0.29, 0.717) is 27.5 Å². The molecular formula is C17H13ClFN3O2. The van der Waals surface area contributed by atoms with E-state index in [1.54, 1.807) is 35.0 Å². The zero-order valence-corrected chi connectivity index (χ0v) is 13.2. The monoisotopic (exact) mass is 345 g/mol. The number of carboxylic acid groups (broad SMARTS) is 1. The van der Waals surface area contributed by atoms with Crippen molar-refractivity contribution in [3.8, 4) is 0 Å². The fraction of sp³-hybridized carbons (Fsp3) is 0.0588. The van der Waals surface area contributed by atoms with Crippen LogP contribution >= 0.6 is 11.6 Å². The topological polar surface area (TPSA) is 81.1 Å². The first-order valence-corrected chi connectivity index (χ1v) is 7.43. The summed E-state index contributed by atoms with van der Waals surface area (Å²) in [5, 5.41) is 14.2. The van der Waals surface area contributed by atoms with Crippen molar-refractivity contribution in [2.24, 2.45) is 0 Å². The van der Waals surface area contributed by atoms with Gasteiger partial charge in [0.1, 0.15) is 5.82 Å². The lowest BCUT2D eigenvalue weighted by Gasteiger charge is -2.06. The average Bonchev–Trinajstić information content (AvgIpc) is 2.85. The smallest absolute Gasteiger partial charge is 0.328 e. The van der Waals surface area contributed by atoms with Crippen molar-refractivity contribution in [1.29, 1.82) is 0 Å². The van der Waals surface area contributed by atoms with Gasteiger partial charge in [-0.25, -0.2) is 9.18 Å². The van der Waals surface area contributed by atoms with Crippen LogP contribution in [0.2, 0.25) is 5.02 Å². The number of hydrogen-bond acceptors (Lipinski definition) is 3. The maximum atomic E-state index is 14.0. The number of rotatable bonds is 4. The third-order valence-electron chi connectivity index (χ3n) is 3.52. The van der Waals surface area contributed by atoms with Crippen LogP contribution in [-0.4, -0.2) is 20.9 Å². The van der Waals surface area contributed by atoms with Gasteiger partial charge in [0.05, 0.1) is 17.8 Å². The third kappa shape index (κ3) is 3.23. The molecule has 0 bridgehead atoms. The molecule has 3 aromatic rings. The molecule has 0 fully saturated rings. The molecule has 7 heteroatoms. The lowest BCUT2D eigenvalue weighted by atomic mass is 10.1. The minimum absolute atomic E-state index is 0.171. The Kier molecular flexibility index (Phi) is 4.22. The van der Waals surface area contributed by atoms with Crippen molar-refractivity contribution in [2.45, 2.75) is 6.54 Å². The van der Waals surface area contributed by atoms with E-state index < -0.39 is 11.8 Å². The largest absolute Gasteiger partial charge is 0.478 e. The van der Waals surface area contributed by atoms with Gasteiger partial charge in [0.25, 0.3) is 0 Å². The number of aromatic nitrogens is 2. The summed E-state index contributed by atoms with van der Waals surface area (Å²) in [4.78, 5) is 10.7. The Labute approximate surface area is 141 Å². The Bertz CT molecular complexity index is 966. The summed E-state index contributed by atoms with van der Waals surface area (Å²) >= 11 is 5.77. The molecule has 0 saturated heterocycles. The molecule has 0 radical (unpaired) electrons. The lowest BCUT2D eigenvalue weighted by molar-refractivity contribution is -0.131. The average molecular weight is 346 g/mol. The van der Waals surface area contributed by atoms with Crippen LogP contribution in [0.15, 0.2) is 42.5 Å². The quantitative estimate of drug-likeness (QED) is 0.559. The number of aliphatic carboxylic acids is 1. The van der Waals surface area contributed by atoms with Gasteiger partial charge in [0.15, 0.2) is 0 Å². The van der Waals surface area contributed by atoms with Gasteiger partial charge in [-0.15, -0.1) is 0 Å². The molecule has 0 spiro atoms. The van der Waals surface area contributed by atoms with E-state index in [2.05, 4.69) is 5.10 Å². The minimum Gasteiger partial charge on any atom is -0.478 e. The highest BCUT2D eigenvalue weighted by Crippen LogP contribution is 2.24. The molecule has 0 aliphatic heterocycles. The summed E-state index contributed by atoms with van der Waals surface area (Å²) in [6.45, 7) is 0.171. The van der Waals surface area contributed by atoms with Gasteiger partial charge in [0.2, 0.25) is 0 Å². The Hall–Kier alpha value is -2.86. The Morgan fingerprint density at radius 2 is 2.12 bits per heavy atom. The van der Waals surface area contributed by atoms with Crippen LogP contribution in [0.3, 0.4) is 0 Å². The summed E-state index contributed by atoms with van der Waals surface area (Å²) < 4.78 is 15.6. The molecule has 3 N–H and O–H groups in total. The van der Waals surface area contributed by atoms with E-state index in [1.807, 2.05) is 0 Å². The number of carboxylic acids is 1. The first-order chi connectivity index (χ1) is 11.4. The molecule has 1 aromatic heterocycles. The van der Waals surface area contributed by atoms with Crippen molar-refractivity contribution >= 4 is 40.2 Å². The molecule has 0 atom stereocenters. The maximum Gasteiger partial charge on any atom is 0.328 e. The molecule has 0 saturated carbocycles. The Balaban J connectivity index is 2.09. The highest BCUT2D eigenvalue weighted by Gasteiger charge is 2.12. The Morgan fingerprint density at radius 1 is 1.33 bits per heavy atom. The predicted octanol–water partition coefficient (Wildman–Crippen LogP) is 3.56. The van der Waals surface area contributed by atoms with Crippen molar-refractivity contribution < 1.29 is 14.3 Å². The predicted molar refractivity (Wildman–Crippen MR) is 91.3 cm³/mol. The molecule has 1 heterocycles. The second-order valence-electron chi connectivity index (χ2n) is 5.23. The van der Waals surface area contributed by atoms with Crippen LogP contribution in [0.4, 0.5) is 10.1 Å². The first kappa shape index (κ1) is 16.0. The first-order valence-electron chi connectivity index (χ1n) is 7.05. The number of halogens is 2. The number of carbonyl (C=O) groups is 1. The summed E-state index contributed by atoms with van der Waals surface area (Å²) in [7, 11) is 0. The van der Waals surface area contributed by atoms with Crippen molar-refractivity contribution in [3.63, 3.8) is 0 Å². The number of nitrogen functional groups attached to an aromatic ring is 1. The van der Waals surface area contributed by atoms with Crippen LogP contribution in [0.5, 0.6) is 0 Å². The molecule has 2 aromatic carbocycles. The number of nitrogens with zero attached hydrogens (tertiary/aromatic N) is 2. The van der Waals surface area contributed by atoms with Gasteiger partial charge < -0.3 is 10.8 Å². The van der Waals surface area contributed by atoms with Gasteiger partial charge in [0, 0.05) is 27.7 Å². The summed E-state index contributed by atoms with van der Waals surface area (Å²) in [5.41, 5.74) is 7.94. The number of nitrogens with two attached hydrogens (primary N) is 1. The second-order valence-corrected chi connectivity index (χ2v) is 5.66. The van der Waals surface area contributed by atoms with Crippen LogP contribution in [-0.2, 0) is 11.3 Å². The SMILES string of the molecule is Nc1ccc2c(C=CC(=O)O)nn(Cc3ccc(Cl)cc3F)c2c1. The van der Waals surface area contributed by atoms with Crippen molar-refractivity contribution in [1.82, 2.24) is 9.78 Å². The van der Waals surface area contributed by atoms with E-state index in [9.17, 15) is 9.18 Å². The second kappa shape index (κ2) is 6.33. The van der Waals surface area contributed by atoms with Crippen LogP contribution in [0.1, 0.15) is 11.3 Å². The van der Waals surface area contributed by atoms with Crippen LogP contribution in [0, 0.1) is 5.82 Å². The fourth-order valence-electron chi connectivity index (χ4n) is 2.42. The lowest BCUT2D eigenvalue weighted by Crippen LogP contribution is -2.04. The van der Waals surface area contributed by atoms with Crippen LogP contribution < -0.4 is 5.73 Å². The highest BCUT2D eigenvalue weighted by atomic mass is 35.5. The van der Waals surface area contributed by atoms with Gasteiger partial charge in [-0.2, -0.15) is 5.10 Å². The summed E-state index contributed by atoms with van der Waals surface area (Å²) in [6, 6.07) is 9.61. The summed E-state index contributed by atoms with van der Waals surface area (Å²) in [5.74, 6) is -1.51. The van der Waals surface area contributed by atoms with Gasteiger partial charge in [-0.3, -0.25) is 4.68 Å². The van der Waals surface area contributed by atoms with Gasteiger partial charge >= 0.3 is 5.97 Å². The molecule has 0 unspecified atom stereocenters. The molecule has 122 valence electrons. The molecule has 5 nitrogen and oxygen atoms in total. The van der Waals surface area contributed by atoms with E-state index >= 15 is 0 Å². The van der Waals surface area contributed by atoms with E-state index in [4.69, 9.17) is 22.4 Å². The minimum atomic E-state index is -1.07. The number of hydrogen-bond donors (Lipinski definition) is 2. The standard InChI is InChI=1S/C17H13ClFN3O2/c18-11-2-1-10(14(19)7-11)9-22-16-8-12(20)3-4-13(16)15(21-22)5-6-17(23)24/h1-8H,9,20H2,(H,23,24). The number of anilines is 1. The fourth-order valence-corrected chi connectivity index (χ4v) is 2.58. The highest BCUT2D eigenvalue weighted by molar-refractivity contribution is 6.30. The Morgan fingerprint density at radius 3 is 2.83 bits per heavy atom. The van der Waals surface area contributed by atoms with E-state index in [-0.39, 0.29) is 6.54 Å². The molecule has 0 aliphatic rings.